The number of carbonyl (C=O) groups excluding carboxylic acids is 1. The smallest absolute Gasteiger partial charge is 0.274 e. The van der Waals surface area contributed by atoms with Crippen LogP contribution in [0.4, 0.5) is 17.1 Å². The van der Waals surface area contributed by atoms with Crippen molar-refractivity contribution in [3.8, 4) is 0 Å². The van der Waals surface area contributed by atoms with Crippen molar-refractivity contribution in [3.63, 3.8) is 0 Å². The van der Waals surface area contributed by atoms with Crippen LogP contribution < -0.4 is 11.1 Å². The lowest BCUT2D eigenvalue weighted by Crippen LogP contribution is -2.12. The molecule has 134 valence electrons. The minimum absolute atomic E-state index is 0.0455. The average Bonchev–Trinajstić information content (AvgIpc) is 2.90. The van der Waals surface area contributed by atoms with Crippen molar-refractivity contribution in [3.05, 3.63) is 55.6 Å². The number of hydrogen-bond donors (Lipinski definition) is 2. The van der Waals surface area contributed by atoms with E-state index in [1.165, 1.54) is 17.4 Å². The number of fused-ring (bicyclic) bond motifs is 1. The van der Waals surface area contributed by atoms with Gasteiger partial charge in [-0.15, -0.1) is 11.3 Å². The number of pyridine rings is 1. The van der Waals surface area contributed by atoms with Crippen LogP contribution in [0.15, 0.2) is 18.2 Å². The number of nitrogens with one attached hydrogen (secondary N) is 1. The first-order valence-corrected chi connectivity index (χ1v) is 8.74. The van der Waals surface area contributed by atoms with Crippen LogP contribution in [0.1, 0.15) is 32.1 Å². The first-order chi connectivity index (χ1) is 12.2. The van der Waals surface area contributed by atoms with Gasteiger partial charge in [-0.25, -0.2) is 4.98 Å². The number of nitro benzene ring substituents is 1. The number of rotatable bonds is 3. The first kappa shape index (κ1) is 17.8. The van der Waals surface area contributed by atoms with Crippen LogP contribution in [0.25, 0.3) is 10.2 Å². The summed E-state index contributed by atoms with van der Waals surface area (Å²) in [7, 11) is 0. The van der Waals surface area contributed by atoms with Crippen molar-refractivity contribution in [2.75, 3.05) is 11.1 Å². The summed E-state index contributed by atoms with van der Waals surface area (Å²) < 4.78 is 0. The molecule has 8 heteroatoms. The van der Waals surface area contributed by atoms with Crippen LogP contribution in [0.2, 0.25) is 0 Å². The molecule has 7 nitrogen and oxygen atoms in total. The summed E-state index contributed by atoms with van der Waals surface area (Å²) in [6.07, 6.45) is 0. The summed E-state index contributed by atoms with van der Waals surface area (Å²) in [5, 5.41) is 14.5. The number of nitrogen functional groups attached to an aromatic ring is 1. The Kier molecular flexibility index (Phi) is 4.37. The van der Waals surface area contributed by atoms with E-state index >= 15 is 0 Å². The van der Waals surface area contributed by atoms with Gasteiger partial charge < -0.3 is 11.1 Å². The molecule has 3 aromatic rings. The van der Waals surface area contributed by atoms with E-state index in [0.717, 1.165) is 22.2 Å². The quantitative estimate of drug-likeness (QED) is 0.528. The zero-order chi connectivity index (χ0) is 19.2. The molecule has 3 N–H and O–H groups in total. The fourth-order valence-corrected chi connectivity index (χ4v) is 3.90. The normalized spacial score (nSPS) is 10.9. The standard InChI is InChI=1S/C18H18N4O3S/c1-8-5-6-12(7-13(8)22(24)25)21-17(23)16-15(19)14-10(3)9(2)11(4)20-18(14)26-16/h5-7H,19H2,1-4H3,(H,21,23). The number of benzene rings is 1. The molecule has 0 aliphatic heterocycles. The van der Waals surface area contributed by atoms with Crippen LogP contribution in [0, 0.1) is 37.8 Å². The van der Waals surface area contributed by atoms with E-state index in [1.807, 2.05) is 20.8 Å². The van der Waals surface area contributed by atoms with Crippen molar-refractivity contribution in [2.45, 2.75) is 27.7 Å². The molecule has 2 aromatic heterocycles. The number of nitrogens with zero attached hydrogens (tertiary/aromatic N) is 2. The van der Waals surface area contributed by atoms with Crippen LogP contribution in [0.5, 0.6) is 0 Å². The number of aryl methyl sites for hydroxylation is 3. The van der Waals surface area contributed by atoms with Crippen molar-refractivity contribution >= 4 is 44.5 Å². The van der Waals surface area contributed by atoms with Gasteiger partial charge >= 0.3 is 0 Å². The van der Waals surface area contributed by atoms with Crippen molar-refractivity contribution < 1.29 is 9.72 Å². The number of thiophene rings is 1. The molecule has 0 atom stereocenters. The minimum Gasteiger partial charge on any atom is -0.397 e. The number of carbonyl (C=O) groups is 1. The lowest BCUT2D eigenvalue weighted by molar-refractivity contribution is -0.385. The maximum Gasteiger partial charge on any atom is 0.274 e. The zero-order valence-electron chi connectivity index (χ0n) is 14.8. The second-order valence-electron chi connectivity index (χ2n) is 6.18. The van der Waals surface area contributed by atoms with Crippen molar-refractivity contribution in [2.24, 2.45) is 0 Å². The molecule has 0 unspecified atom stereocenters. The Morgan fingerprint density at radius 3 is 2.58 bits per heavy atom. The van der Waals surface area contributed by atoms with Gasteiger partial charge in [-0.05, 0) is 44.9 Å². The molecule has 0 saturated heterocycles. The lowest BCUT2D eigenvalue weighted by atomic mass is 10.1. The van der Waals surface area contributed by atoms with Gasteiger partial charge in [0.05, 0.1) is 10.6 Å². The largest absolute Gasteiger partial charge is 0.397 e. The lowest BCUT2D eigenvalue weighted by Gasteiger charge is -2.07. The molecule has 1 amide bonds. The number of hydrogen-bond acceptors (Lipinski definition) is 6. The van der Waals surface area contributed by atoms with Gasteiger partial charge in [0.2, 0.25) is 0 Å². The van der Waals surface area contributed by atoms with Gasteiger partial charge in [-0.3, -0.25) is 14.9 Å². The number of aromatic nitrogens is 1. The highest BCUT2D eigenvalue weighted by Gasteiger charge is 2.21. The number of nitro groups is 1. The van der Waals surface area contributed by atoms with E-state index < -0.39 is 10.8 Å². The molecule has 26 heavy (non-hydrogen) atoms. The summed E-state index contributed by atoms with van der Waals surface area (Å²) in [4.78, 5) is 28.9. The molecule has 0 fully saturated rings. The summed E-state index contributed by atoms with van der Waals surface area (Å²) in [6, 6.07) is 4.57. The summed E-state index contributed by atoms with van der Waals surface area (Å²) in [5.74, 6) is -0.404. The van der Waals surface area contributed by atoms with Gasteiger partial charge in [0.25, 0.3) is 11.6 Å². The number of anilines is 2. The molecular weight excluding hydrogens is 352 g/mol. The highest BCUT2D eigenvalue weighted by atomic mass is 32.1. The summed E-state index contributed by atoms with van der Waals surface area (Å²) in [5.41, 5.74) is 10.4. The van der Waals surface area contributed by atoms with E-state index in [1.54, 1.807) is 19.1 Å². The van der Waals surface area contributed by atoms with Gasteiger partial charge in [0.1, 0.15) is 9.71 Å². The average molecular weight is 370 g/mol. The van der Waals surface area contributed by atoms with Crippen molar-refractivity contribution in [1.82, 2.24) is 4.98 Å². The fraction of sp³-hybridized carbons (Fsp3) is 0.222. The second-order valence-corrected chi connectivity index (χ2v) is 7.18. The maximum atomic E-state index is 12.7. The molecule has 0 aliphatic carbocycles. The molecular formula is C18H18N4O3S. The third-order valence-corrected chi connectivity index (χ3v) is 5.64. The maximum absolute atomic E-state index is 12.7. The summed E-state index contributed by atoms with van der Waals surface area (Å²) in [6.45, 7) is 7.50. The molecule has 0 bridgehead atoms. The zero-order valence-corrected chi connectivity index (χ0v) is 15.7. The SMILES string of the molecule is Cc1ccc(NC(=O)c2sc3nc(C)c(C)c(C)c3c2N)cc1[N+](=O)[O-]. The van der Waals surface area contributed by atoms with E-state index in [4.69, 9.17) is 5.73 Å². The highest BCUT2D eigenvalue weighted by molar-refractivity contribution is 7.21. The Morgan fingerprint density at radius 1 is 1.23 bits per heavy atom. The molecule has 0 aliphatic rings. The number of amides is 1. The molecule has 3 rings (SSSR count). The third kappa shape index (κ3) is 2.88. The molecule has 2 heterocycles. The van der Waals surface area contributed by atoms with Gasteiger partial charge in [0, 0.05) is 28.4 Å². The van der Waals surface area contributed by atoms with Crippen LogP contribution in [-0.2, 0) is 0 Å². The van der Waals surface area contributed by atoms with Crippen LogP contribution in [-0.4, -0.2) is 15.8 Å². The van der Waals surface area contributed by atoms with Crippen LogP contribution in [0.3, 0.4) is 0 Å². The van der Waals surface area contributed by atoms with E-state index in [2.05, 4.69) is 10.3 Å². The Balaban J connectivity index is 2.01. The topological polar surface area (TPSA) is 111 Å². The van der Waals surface area contributed by atoms with Gasteiger partial charge in [0.15, 0.2) is 0 Å². The Bertz CT molecular complexity index is 1070. The molecule has 0 spiro atoms. The van der Waals surface area contributed by atoms with Crippen molar-refractivity contribution in [1.29, 1.82) is 0 Å². The predicted octanol–water partition coefficient (Wildman–Crippen LogP) is 4.27. The van der Waals surface area contributed by atoms with Crippen LogP contribution >= 0.6 is 11.3 Å². The monoisotopic (exact) mass is 370 g/mol. The Hall–Kier alpha value is -3.00. The van der Waals surface area contributed by atoms with E-state index in [9.17, 15) is 14.9 Å². The third-order valence-electron chi connectivity index (χ3n) is 4.55. The van der Waals surface area contributed by atoms with Gasteiger partial charge in [-0.1, -0.05) is 6.07 Å². The number of nitrogens with two attached hydrogens (primary N) is 1. The fourth-order valence-electron chi connectivity index (χ4n) is 2.81. The summed E-state index contributed by atoms with van der Waals surface area (Å²) >= 11 is 1.22. The molecule has 0 saturated carbocycles. The predicted molar refractivity (Wildman–Crippen MR) is 104 cm³/mol. The van der Waals surface area contributed by atoms with E-state index in [-0.39, 0.29) is 5.69 Å². The Morgan fingerprint density at radius 2 is 1.92 bits per heavy atom. The van der Waals surface area contributed by atoms with E-state index in [0.29, 0.717) is 26.6 Å². The molecule has 0 radical (unpaired) electrons. The highest BCUT2D eigenvalue weighted by Crippen LogP contribution is 2.37. The second kappa shape index (κ2) is 6.38. The first-order valence-electron chi connectivity index (χ1n) is 7.93. The minimum atomic E-state index is -0.475. The molecule has 1 aromatic carbocycles. The van der Waals surface area contributed by atoms with Gasteiger partial charge in [-0.2, -0.15) is 0 Å². The Labute approximate surface area is 154 Å².